The number of carbonyl (C=O) groups is 1. The number of rotatable bonds is 4. The second-order valence-electron chi connectivity index (χ2n) is 3.71. The van der Waals surface area contributed by atoms with Crippen molar-refractivity contribution in [1.29, 1.82) is 0 Å². The maximum absolute atomic E-state index is 11.7. The Kier molecular flexibility index (Phi) is 5.33. The molecule has 0 aromatic carbocycles. The average molecular weight is 217 g/mol. The number of piperidine rings is 1. The second kappa shape index (κ2) is 6.30. The highest BCUT2D eigenvalue weighted by Crippen LogP contribution is 2.17. The van der Waals surface area contributed by atoms with Gasteiger partial charge in [-0.1, -0.05) is 0 Å². The monoisotopic (exact) mass is 217 g/mol. The van der Waals surface area contributed by atoms with Crippen LogP contribution in [0.1, 0.15) is 26.2 Å². The van der Waals surface area contributed by atoms with Crippen LogP contribution in [0.25, 0.3) is 0 Å². The molecule has 1 aliphatic rings. The minimum atomic E-state index is 0.160. The fourth-order valence-electron chi connectivity index (χ4n) is 1.78. The molecule has 1 aliphatic heterocycles. The Morgan fingerprint density at radius 3 is 3.00 bits per heavy atom. The van der Waals surface area contributed by atoms with Gasteiger partial charge in [0.2, 0.25) is 5.91 Å². The maximum atomic E-state index is 11.7. The summed E-state index contributed by atoms with van der Waals surface area (Å²) in [6, 6.07) is 0.408. The normalized spacial score (nSPS) is 22.4. The molecule has 0 aromatic rings. The number of hydrogen-bond acceptors (Lipinski definition) is 3. The Balaban J connectivity index is 2.27. The summed E-state index contributed by atoms with van der Waals surface area (Å²) < 4.78 is 0. The van der Waals surface area contributed by atoms with E-state index in [2.05, 4.69) is 6.92 Å². The number of thioether (sulfide) groups is 1. The topological polar surface area (TPSA) is 40.5 Å². The first-order chi connectivity index (χ1) is 6.75. The van der Waals surface area contributed by atoms with E-state index in [0.717, 1.165) is 19.4 Å². The second-order valence-corrected chi connectivity index (χ2v) is 4.81. The lowest BCUT2D eigenvalue weighted by molar-refractivity contribution is -0.131. The van der Waals surface area contributed by atoms with E-state index in [-0.39, 0.29) is 12.5 Å². The van der Waals surface area contributed by atoms with Gasteiger partial charge in [-0.25, -0.2) is 0 Å². The fraction of sp³-hybridized carbons (Fsp3) is 0.900. The first-order valence-electron chi connectivity index (χ1n) is 5.23. The minimum absolute atomic E-state index is 0.160. The van der Waals surface area contributed by atoms with E-state index in [1.807, 2.05) is 4.90 Å². The molecule has 0 aliphatic carbocycles. The SMILES string of the molecule is CC1CCCCN1C(=O)CSCCO. The van der Waals surface area contributed by atoms with Crippen LogP contribution in [-0.2, 0) is 4.79 Å². The molecular weight excluding hydrogens is 198 g/mol. The van der Waals surface area contributed by atoms with Crippen LogP contribution in [0, 0.1) is 0 Å². The van der Waals surface area contributed by atoms with Gasteiger partial charge >= 0.3 is 0 Å². The molecule has 0 aromatic heterocycles. The van der Waals surface area contributed by atoms with E-state index in [1.165, 1.54) is 18.2 Å². The largest absolute Gasteiger partial charge is 0.396 e. The molecule has 1 heterocycles. The number of likely N-dealkylation sites (tertiary alicyclic amines) is 1. The van der Waals surface area contributed by atoms with Gasteiger partial charge < -0.3 is 10.0 Å². The van der Waals surface area contributed by atoms with Gasteiger partial charge in [0.15, 0.2) is 0 Å². The molecule has 0 radical (unpaired) electrons. The third-order valence-electron chi connectivity index (χ3n) is 2.58. The van der Waals surface area contributed by atoms with E-state index in [4.69, 9.17) is 5.11 Å². The maximum Gasteiger partial charge on any atom is 0.232 e. The fourth-order valence-corrected chi connectivity index (χ4v) is 2.39. The number of nitrogens with zero attached hydrogens (tertiary/aromatic N) is 1. The molecule has 3 nitrogen and oxygen atoms in total. The van der Waals surface area contributed by atoms with Gasteiger partial charge in [-0.05, 0) is 26.2 Å². The van der Waals surface area contributed by atoms with E-state index >= 15 is 0 Å². The zero-order valence-corrected chi connectivity index (χ0v) is 9.55. The van der Waals surface area contributed by atoms with Gasteiger partial charge in [0.05, 0.1) is 12.4 Å². The zero-order valence-electron chi connectivity index (χ0n) is 8.74. The van der Waals surface area contributed by atoms with Crippen molar-refractivity contribution in [1.82, 2.24) is 4.90 Å². The third-order valence-corrected chi connectivity index (χ3v) is 3.51. The van der Waals surface area contributed by atoms with Gasteiger partial charge in [0.1, 0.15) is 0 Å². The minimum Gasteiger partial charge on any atom is -0.396 e. The predicted molar refractivity (Wildman–Crippen MR) is 59.4 cm³/mol. The summed E-state index contributed by atoms with van der Waals surface area (Å²) in [4.78, 5) is 13.7. The van der Waals surface area contributed by atoms with Crippen LogP contribution < -0.4 is 0 Å². The highest BCUT2D eigenvalue weighted by atomic mass is 32.2. The van der Waals surface area contributed by atoms with Crippen molar-refractivity contribution < 1.29 is 9.90 Å². The first-order valence-corrected chi connectivity index (χ1v) is 6.39. The lowest BCUT2D eigenvalue weighted by atomic mass is 10.0. The lowest BCUT2D eigenvalue weighted by Gasteiger charge is -2.33. The summed E-state index contributed by atoms with van der Waals surface area (Å²) in [7, 11) is 0. The first kappa shape index (κ1) is 11.9. The standard InChI is InChI=1S/C10H19NO2S/c1-9-4-2-3-5-11(9)10(13)8-14-7-6-12/h9,12H,2-8H2,1H3. The molecule has 14 heavy (non-hydrogen) atoms. The molecule has 1 fully saturated rings. The van der Waals surface area contributed by atoms with Crippen LogP contribution in [0.4, 0.5) is 0 Å². The molecule has 0 bridgehead atoms. The van der Waals surface area contributed by atoms with Crippen LogP contribution in [0.15, 0.2) is 0 Å². The predicted octanol–water partition coefficient (Wildman–Crippen LogP) is 1.11. The van der Waals surface area contributed by atoms with Crippen molar-refractivity contribution in [3.05, 3.63) is 0 Å². The molecule has 1 saturated heterocycles. The molecule has 1 N–H and O–H groups in total. The zero-order chi connectivity index (χ0) is 10.4. The van der Waals surface area contributed by atoms with Crippen LogP contribution in [-0.4, -0.2) is 46.6 Å². The summed E-state index contributed by atoms with van der Waals surface area (Å²) in [6.07, 6.45) is 3.52. The average Bonchev–Trinajstić information content (AvgIpc) is 2.18. The van der Waals surface area contributed by atoms with Gasteiger partial charge in [-0.15, -0.1) is 11.8 Å². The molecule has 1 amide bonds. The Morgan fingerprint density at radius 2 is 2.36 bits per heavy atom. The molecule has 82 valence electrons. The van der Waals surface area contributed by atoms with Crippen molar-refractivity contribution in [2.45, 2.75) is 32.2 Å². The highest BCUT2D eigenvalue weighted by Gasteiger charge is 2.22. The van der Waals surface area contributed by atoms with Crippen molar-refractivity contribution in [3.8, 4) is 0 Å². The molecule has 0 spiro atoms. The number of aliphatic hydroxyl groups excluding tert-OH is 1. The van der Waals surface area contributed by atoms with Gasteiger partial charge in [0, 0.05) is 18.3 Å². The van der Waals surface area contributed by atoms with E-state index in [0.29, 0.717) is 17.5 Å². The van der Waals surface area contributed by atoms with Crippen molar-refractivity contribution >= 4 is 17.7 Å². The number of amides is 1. The Labute approximate surface area is 89.9 Å². The molecular formula is C10H19NO2S. The van der Waals surface area contributed by atoms with E-state index < -0.39 is 0 Å². The van der Waals surface area contributed by atoms with Crippen LogP contribution in [0.5, 0.6) is 0 Å². The van der Waals surface area contributed by atoms with Crippen LogP contribution in [0.3, 0.4) is 0 Å². The summed E-state index contributed by atoms with van der Waals surface area (Å²) >= 11 is 1.52. The van der Waals surface area contributed by atoms with Crippen LogP contribution >= 0.6 is 11.8 Å². The van der Waals surface area contributed by atoms with Crippen molar-refractivity contribution in [3.63, 3.8) is 0 Å². The van der Waals surface area contributed by atoms with E-state index in [9.17, 15) is 4.79 Å². The van der Waals surface area contributed by atoms with Gasteiger partial charge in [-0.2, -0.15) is 0 Å². The van der Waals surface area contributed by atoms with E-state index in [1.54, 1.807) is 0 Å². The highest BCUT2D eigenvalue weighted by molar-refractivity contribution is 7.99. The van der Waals surface area contributed by atoms with Crippen LogP contribution in [0.2, 0.25) is 0 Å². The van der Waals surface area contributed by atoms with Crippen molar-refractivity contribution in [2.75, 3.05) is 24.7 Å². The molecule has 0 saturated carbocycles. The molecule has 1 rings (SSSR count). The summed E-state index contributed by atoms with van der Waals surface area (Å²) in [5.41, 5.74) is 0. The smallest absolute Gasteiger partial charge is 0.232 e. The Bertz CT molecular complexity index is 187. The molecule has 1 atom stereocenters. The third kappa shape index (κ3) is 3.50. The number of hydrogen-bond donors (Lipinski definition) is 1. The Morgan fingerprint density at radius 1 is 1.57 bits per heavy atom. The molecule has 4 heteroatoms. The summed E-state index contributed by atoms with van der Waals surface area (Å²) in [5.74, 6) is 1.41. The summed E-state index contributed by atoms with van der Waals surface area (Å²) in [5, 5.41) is 8.60. The van der Waals surface area contributed by atoms with Gasteiger partial charge in [0.25, 0.3) is 0 Å². The molecule has 1 unspecified atom stereocenters. The lowest BCUT2D eigenvalue weighted by Crippen LogP contribution is -2.43. The Hall–Kier alpha value is -0.220. The number of aliphatic hydroxyl groups is 1. The number of carbonyl (C=O) groups excluding carboxylic acids is 1. The quantitative estimate of drug-likeness (QED) is 0.717. The summed E-state index contributed by atoms with van der Waals surface area (Å²) in [6.45, 7) is 3.20. The van der Waals surface area contributed by atoms with Gasteiger partial charge in [-0.3, -0.25) is 4.79 Å². The van der Waals surface area contributed by atoms with Crippen molar-refractivity contribution in [2.24, 2.45) is 0 Å².